The average Bonchev–Trinajstić information content (AvgIpc) is 2.40. The molecule has 2 nitrogen and oxygen atoms in total. The number of anilines is 1. The Bertz CT molecular complexity index is 399. The summed E-state index contributed by atoms with van der Waals surface area (Å²) in [5.74, 6) is 0.814. The van der Waals surface area contributed by atoms with Crippen molar-refractivity contribution in [3.8, 4) is 0 Å². The van der Waals surface area contributed by atoms with Crippen molar-refractivity contribution in [1.82, 2.24) is 0 Å². The maximum atomic E-state index is 5.60. The number of hydrogen-bond donors (Lipinski definition) is 2. The van der Waals surface area contributed by atoms with Crippen LogP contribution in [0, 0.1) is 5.92 Å². The second kappa shape index (κ2) is 6.19. The van der Waals surface area contributed by atoms with Crippen LogP contribution in [0.4, 0.5) is 5.69 Å². The van der Waals surface area contributed by atoms with Crippen LogP contribution in [0.15, 0.2) is 24.3 Å². The topological polar surface area (TPSA) is 38.0 Å². The zero-order valence-electron chi connectivity index (χ0n) is 11.0. The number of nitrogens with one attached hydrogen (secondary N) is 1. The molecule has 1 fully saturated rings. The van der Waals surface area contributed by atoms with E-state index < -0.39 is 0 Å². The van der Waals surface area contributed by atoms with Gasteiger partial charge in [-0.1, -0.05) is 38.4 Å². The maximum Gasteiger partial charge on any atom is 0.103 e. The van der Waals surface area contributed by atoms with E-state index in [0.29, 0.717) is 11.0 Å². The van der Waals surface area contributed by atoms with Gasteiger partial charge in [-0.3, -0.25) is 0 Å². The van der Waals surface area contributed by atoms with Crippen molar-refractivity contribution in [3.05, 3.63) is 29.8 Å². The third kappa shape index (κ3) is 3.22. The van der Waals surface area contributed by atoms with Crippen LogP contribution in [0.3, 0.4) is 0 Å². The van der Waals surface area contributed by atoms with Crippen molar-refractivity contribution in [1.29, 1.82) is 0 Å². The van der Waals surface area contributed by atoms with Gasteiger partial charge in [0.1, 0.15) is 4.99 Å². The molecule has 0 spiro atoms. The minimum atomic E-state index is 0.464. The molecule has 0 bridgehead atoms. The van der Waals surface area contributed by atoms with E-state index in [1.807, 2.05) is 12.1 Å². The third-order valence-corrected chi connectivity index (χ3v) is 4.19. The molecule has 0 aromatic heterocycles. The molecule has 2 rings (SSSR count). The predicted octanol–water partition coefficient (Wildman–Crippen LogP) is 3.70. The largest absolute Gasteiger partial charge is 0.389 e. The lowest BCUT2D eigenvalue weighted by Crippen LogP contribution is -2.31. The van der Waals surface area contributed by atoms with E-state index in [4.69, 9.17) is 18.0 Å². The summed E-state index contributed by atoms with van der Waals surface area (Å²) in [5, 5.41) is 3.66. The first kappa shape index (κ1) is 13.3. The van der Waals surface area contributed by atoms with E-state index in [0.717, 1.165) is 11.5 Å². The Morgan fingerprint density at radius 1 is 1.28 bits per heavy atom. The molecule has 0 saturated heterocycles. The van der Waals surface area contributed by atoms with Gasteiger partial charge in [-0.05, 0) is 43.0 Å². The van der Waals surface area contributed by atoms with Crippen LogP contribution in [0.1, 0.15) is 44.6 Å². The van der Waals surface area contributed by atoms with Gasteiger partial charge in [-0.2, -0.15) is 0 Å². The van der Waals surface area contributed by atoms with E-state index in [9.17, 15) is 0 Å². The zero-order valence-corrected chi connectivity index (χ0v) is 11.8. The first-order chi connectivity index (χ1) is 8.70. The van der Waals surface area contributed by atoms with Crippen LogP contribution >= 0.6 is 12.2 Å². The molecular formula is C15H22N2S. The molecule has 0 aliphatic heterocycles. The van der Waals surface area contributed by atoms with Gasteiger partial charge in [0.15, 0.2) is 0 Å². The van der Waals surface area contributed by atoms with Gasteiger partial charge in [0.25, 0.3) is 0 Å². The summed E-state index contributed by atoms with van der Waals surface area (Å²) in [6, 6.07) is 8.77. The van der Waals surface area contributed by atoms with Crippen molar-refractivity contribution < 1.29 is 0 Å². The minimum absolute atomic E-state index is 0.464. The lowest BCUT2D eigenvalue weighted by Gasteiger charge is -2.32. The van der Waals surface area contributed by atoms with Gasteiger partial charge in [0.2, 0.25) is 0 Å². The van der Waals surface area contributed by atoms with Crippen LogP contribution in [-0.4, -0.2) is 11.0 Å². The Kier molecular flexibility index (Phi) is 4.59. The molecule has 1 aromatic carbocycles. The van der Waals surface area contributed by atoms with E-state index >= 15 is 0 Å². The molecule has 3 heteroatoms. The number of thiocarbonyl (C=S) groups is 1. The Morgan fingerprint density at radius 2 is 1.94 bits per heavy atom. The van der Waals surface area contributed by atoms with Crippen molar-refractivity contribution in [2.24, 2.45) is 11.7 Å². The Hall–Kier alpha value is -1.09. The fourth-order valence-electron chi connectivity index (χ4n) is 2.83. The highest BCUT2D eigenvalue weighted by molar-refractivity contribution is 7.80. The molecule has 2 unspecified atom stereocenters. The lowest BCUT2D eigenvalue weighted by molar-refractivity contribution is 0.317. The Labute approximate surface area is 115 Å². The number of rotatable bonds is 4. The highest BCUT2D eigenvalue weighted by atomic mass is 32.1. The minimum Gasteiger partial charge on any atom is -0.389 e. The molecule has 0 radical (unpaired) electrons. The SMILES string of the molecule is CCC1CCCCC1Nc1ccc(C(N)=S)cc1. The highest BCUT2D eigenvalue weighted by Crippen LogP contribution is 2.29. The fourth-order valence-corrected chi connectivity index (χ4v) is 2.97. The van der Waals surface area contributed by atoms with Gasteiger partial charge in [-0.25, -0.2) is 0 Å². The van der Waals surface area contributed by atoms with Crippen molar-refractivity contribution in [2.75, 3.05) is 5.32 Å². The van der Waals surface area contributed by atoms with E-state index in [1.165, 1.54) is 37.8 Å². The number of nitrogens with two attached hydrogens (primary N) is 1. The van der Waals surface area contributed by atoms with Crippen molar-refractivity contribution in [2.45, 2.75) is 45.1 Å². The van der Waals surface area contributed by atoms with Crippen LogP contribution in [-0.2, 0) is 0 Å². The molecule has 1 saturated carbocycles. The molecule has 1 aliphatic carbocycles. The van der Waals surface area contributed by atoms with Gasteiger partial charge in [-0.15, -0.1) is 0 Å². The average molecular weight is 262 g/mol. The smallest absolute Gasteiger partial charge is 0.103 e. The molecule has 98 valence electrons. The monoisotopic (exact) mass is 262 g/mol. The number of benzene rings is 1. The van der Waals surface area contributed by atoms with Gasteiger partial charge < -0.3 is 11.1 Å². The standard InChI is InChI=1S/C15H22N2S/c1-2-11-5-3-4-6-14(11)17-13-9-7-12(8-10-13)15(16)18/h7-11,14,17H,2-6H2,1H3,(H2,16,18). The van der Waals surface area contributed by atoms with Crippen LogP contribution < -0.4 is 11.1 Å². The van der Waals surface area contributed by atoms with Gasteiger partial charge in [0.05, 0.1) is 0 Å². The quantitative estimate of drug-likeness (QED) is 0.813. The summed E-state index contributed by atoms with van der Waals surface area (Å²) >= 11 is 4.96. The van der Waals surface area contributed by atoms with Crippen LogP contribution in [0.5, 0.6) is 0 Å². The molecule has 1 aliphatic rings. The third-order valence-electron chi connectivity index (χ3n) is 3.95. The van der Waals surface area contributed by atoms with E-state index in [1.54, 1.807) is 0 Å². The summed E-state index contributed by atoms with van der Waals surface area (Å²) < 4.78 is 0. The summed E-state index contributed by atoms with van der Waals surface area (Å²) in [6.45, 7) is 2.29. The van der Waals surface area contributed by atoms with Gasteiger partial charge >= 0.3 is 0 Å². The normalized spacial score (nSPS) is 23.6. The Morgan fingerprint density at radius 3 is 2.56 bits per heavy atom. The van der Waals surface area contributed by atoms with E-state index in [-0.39, 0.29) is 0 Å². The molecule has 3 N–H and O–H groups in total. The first-order valence-electron chi connectivity index (χ1n) is 6.87. The second-order valence-electron chi connectivity index (χ2n) is 5.15. The highest BCUT2D eigenvalue weighted by Gasteiger charge is 2.23. The fraction of sp³-hybridized carbons (Fsp3) is 0.533. The summed E-state index contributed by atoms with van der Waals surface area (Å²) in [5.41, 5.74) is 7.72. The first-order valence-corrected chi connectivity index (χ1v) is 7.28. The summed E-state index contributed by atoms with van der Waals surface area (Å²) in [7, 11) is 0. The number of hydrogen-bond acceptors (Lipinski definition) is 2. The molecule has 1 aromatic rings. The maximum absolute atomic E-state index is 5.60. The summed E-state index contributed by atoms with van der Waals surface area (Å²) in [6.07, 6.45) is 6.65. The van der Waals surface area contributed by atoms with E-state index in [2.05, 4.69) is 24.4 Å². The van der Waals surface area contributed by atoms with Crippen LogP contribution in [0.25, 0.3) is 0 Å². The lowest BCUT2D eigenvalue weighted by atomic mass is 9.83. The van der Waals surface area contributed by atoms with Crippen LogP contribution in [0.2, 0.25) is 0 Å². The molecule has 0 heterocycles. The van der Waals surface area contributed by atoms with Crippen molar-refractivity contribution >= 4 is 22.9 Å². The molecule has 0 amide bonds. The predicted molar refractivity (Wildman–Crippen MR) is 82.0 cm³/mol. The Balaban J connectivity index is 2.01. The van der Waals surface area contributed by atoms with Gasteiger partial charge in [0, 0.05) is 17.3 Å². The molecule has 18 heavy (non-hydrogen) atoms. The van der Waals surface area contributed by atoms with Crippen molar-refractivity contribution in [3.63, 3.8) is 0 Å². The molecule has 2 atom stereocenters. The zero-order chi connectivity index (χ0) is 13.0. The summed E-state index contributed by atoms with van der Waals surface area (Å²) in [4.78, 5) is 0.464. The molecular weight excluding hydrogens is 240 g/mol. The second-order valence-corrected chi connectivity index (χ2v) is 5.59.